The zero-order valence-electron chi connectivity index (χ0n) is 21.3. The highest BCUT2D eigenvalue weighted by Gasteiger charge is 2.66. The van der Waals surface area contributed by atoms with E-state index in [4.69, 9.17) is 0 Å². The highest BCUT2D eigenvalue weighted by molar-refractivity contribution is 5.97. The Kier molecular flexibility index (Phi) is 5.96. The summed E-state index contributed by atoms with van der Waals surface area (Å²) in [6.07, 6.45) is 21.1. The van der Waals surface area contributed by atoms with Gasteiger partial charge in [-0.1, -0.05) is 62.8 Å². The monoisotopic (exact) mass is 477 g/mol. The number of ketones is 1. The van der Waals surface area contributed by atoms with Crippen molar-refractivity contribution in [2.45, 2.75) is 83.7 Å². The molecule has 0 aromatic carbocycles. The largest absolute Gasteiger partial charge is 0.465 e. The van der Waals surface area contributed by atoms with Crippen LogP contribution in [0.15, 0.2) is 48.1 Å². The van der Waals surface area contributed by atoms with Gasteiger partial charge in [-0.15, -0.1) is 0 Å². The Hall–Kier alpha value is -2.43. The van der Waals surface area contributed by atoms with Crippen LogP contribution >= 0.6 is 0 Å². The van der Waals surface area contributed by atoms with E-state index in [0.717, 1.165) is 38.5 Å². The number of allylic oxidation sites excluding steroid dienone is 7. The van der Waals surface area contributed by atoms with Gasteiger partial charge in [0.2, 0.25) is 0 Å². The van der Waals surface area contributed by atoms with Gasteiger partial charge in [-0.2, -0.15) is 0 Å². The summed E-state index contributed by atoms with van der Waals surface area (Å²) in [5.41, 5.74) is 0.821. The summed E-state index contributed by atoms with van der Waals surface area (Å²) in [5, 5.41) is 10.6. The maximum atomic E-state index is 12.9. The number of hydrogen-bond acceptors (Lipinski definition) is 3. The first-order chi connectivity index (χ1) is 16.7. The molecule has 0 radical (unpaired) electrons. The third kappa shape index (κ3) is 3.29. The summed E-state index contributed by atoms with van der Waals surface area (Å²) < 4.78 is 0. The predicted octanol–water partition coefficient (Wildman–Crippen LogP) is 6.12. The minimum Gasteiger partial charge on any atom is -0.465 e. The van der Waals surface area contributed by atoms with Gasteiger partial charge in [-0.3, -0.25) is 9.69 Å². The van der Waals surface area contributed by atoms with Crippen LogP contribution in [0.2, 0.25) is 0 Å². The fourth-order valence-corrected chi connectivity index (χ4v) is 9.32. The Morgan fingerprint density at radius 3 is 2.66 bits per heavy atom. The van der Waals surface area contributed by atoms with Gasteiger partial charge in [0, 0.05) is 5.41 Å². The summed E-state index contributed by atoms with van der Waals surface area (Å²) in [7, 11) is 0. The van der Waals surface area contributed by atoms with Gasteiger partial charge in [0.05, 0.1) is 11.5 Å². The Labute approximate surface area is 209 Å². The lowest BCUT2D eigenvalue weighted by molar-refractivity contribution is -0.132. The lowest BCUT2D eigenvalue weighted by Gasteiger charge is -2.61. The quantitative estimate of drug-likeness (QED) is 0.382. The molecule has 0 saturated heterocycles. The fraction of sp³-hybridized carbons (Fsp3) is 0.633. The molecule has 5 nitrogen and oxygen atoms in total. The topological polar surface area (TPSA) is 74.7 Å². The molecule has 5 aliphatic carbocycles. The number of hydrogen-bond donors (Lipinski definition) is 1. The van der Waals surface area contributed by atoms with E-state index in [-0.39, 0.29) is 16.6 Å². The number of carbonyl (C=O) groups is 3. The third-order valence-corrected chi connectivity index (χ3v) is 11.0. The summed E-state index contributed by atoms with van der Waals surface area (Å²) in [6, 6.07) is -1.01. The second kappa shape index (κ2) is 8.60. The summed E-state index contributed by atoms with van der Waals surface area (Å²) >= 11 is 0. The van der Waals surface area contributed by atoms with Crippen LogP contribution in [0.1, 0.15) is 72.1 Å². The smallest absolute Gasteiger partial charge is 0.408 e. The number of rotatable bonds is 5. The number of fused-ring (bicyclic) bond motifs is 5. The Morgan fingerprint density at radius 2 is 1.97 bits per heavy atom. The van der Waals surface area contributed by atoms with Gasteiger partial charge in [0.25, 0.3) is 0 Å². The van der Waals surface area contributed by atoms with Crippen LogP contribution < -0.4 is 0 Å². The molecule has 0 heterocycles. The van der Waals surface area contributed by atoms with Crippen molar-refractivity contribution >= 4 is 18.2 Å². The normalized spacial score (nSPS) is 42.5. The van der Waals surface area contributed by atoms with E-state index in [2.05, 4.69) is 39.0 Å². The molecule has 0 aromatic rings. The predicted molar refractivity (Wildman–Crippen MR) is 136 cm³/mol. The molecule has 1 amide bonds. The molecule has 8 atom stereocenters. The third-order valence-electron chi connectivity index (χ3n) is 11.0. The molecule has 5 rings (SSSR count). The number of carbonyl (C=O) groups excluding carboxylic acids is 2. The number of aldehydes is 1. The molecule has 5 heteroatoms. The van der Waals surface area contributed by atoms with Crippen molar-refractivity contribution in [2.24, 2.45) is 34.5 Å². The zero-order valence-corrected chi connectivity index (χ0v) is 21.3. The van der Waals surface area contributed by atoms with Crippen molar-refractivity contribution in [3.63, 3.8) is 0 Å². The van der Waals surface area contributed by atoms with Crippen molar-refractivity contribution < 1.29 is 19.5 Å². The van der Waals surface area contributed by atoms with Gasteiger partial charge in [0.1, 0.15) is 12.3 Å². The first-order valence-electron chi connectivity index (χ1n) is 13.5. The second-order valence-corrected chi connectivity index (χ2v) is 11.9. The molecule has 5 aliphatic rings. The molecule has 188 valence electrons. The van der Waals surface area contributed by atoms with Crippen LogP contribution in [0, 0.1) is 34.5 Å². The van der Waals surface area contributed by atoms with Gasteiger partial charge in [0.15, 0.2) is 5.78 Å². The number of amides is 1. The fourth-order valence-electron chi connectivity index (χ4n) is 9.32. The van der Waals surface area contributed by atoms with Crippen LogP contribution in [0.25, 0.3) is 0 Å². The highest BCUT2D eigenvalue weighted by atomic mass is 16.4. The van der Waals surface area contributed by atoms with Crippen LogP contribution in [0.4, 0.5) is 4.79 Å². The standard InChI is InChI=1S/C30H39NO4/c1-4-30(31(27(34)35)25(19-32)22-10-5-6-11-26(22)33)18-15-24-21-13-12-20-9-7-8-16-28(20,2)23(21)14-17-29(24,30)3/h5-6,8-11,16,19,21-25H,4,7,12-15,17-18H2,1-3H3,(H,34,35)/t21-,22?,23+,24+,25-,28+,29+,30-/m1/s1. The molecule has 0 bridgehead atoms. The summed E-state index contributed by atoms with van der Waals surface area (Å²) in [6.45, 7) is 6.78. The van der Waals surface area contributed by atoms with Crippen LogP contribution in [-0.4, -0.2) is 39.7 Å². The second-order valence-electron chi connectivity index (χ2n) is 11.9. The molecular weight excluding hydrogens is 438 g/mol. The zero-order chi connectivity index (χ0) is 25.0. The highest BCUT2D eigenvalue weighted by Crippen LogP contribution is 2.69. The first-order valence-corrected chi connectivity index (χ1v) is 13.5. The number of nitrogens with zero attached hydrogens (tertiary/aromatic N) is 1. The van der Waals surface area contributed by atoms with E-state index in [9.17, 15) is 19.5 Å². The molecule has 1 N–H and O–H groups in total. The minimum atomic E-state index is -1.08. The maximum Gasteiger partial charge on any atom is 0.408 e. The van der Waals surface area contributed by atoms with Crippen molar-refractivity contribution in [1.82, 2.24) is 4.90 Å². The SMILES string of the molecule is CC[C@@]1(N(C(=O)O)[C@H](C=O)C2C=CC=CC2=O)CC[C@H]2[C@@H]3CCC4=CCC=C[C@]4(C)[C@H]3CC[C@@]21C. The van der Waals surface area contributed by atoms with Crippen molar-refractivity contribution in [1.29, 1.82) is 0 Å². The molecule has 0 aromatic heterocycles. The van der Waals surface area contributed by atoms with E-state index in [1.807, 2.05) is 0 Å². The van der Waals surface area contributed by atoms with Crippen molar-refractivity contribution in [3.05, 3.63) is 48.1 Å². The molecule has 35 heavy (non-hydrogen) atoms. The molecule has 0 spiro atoms. The molecule has 3 saturated carbocycles. The first kappa shape index (κ1) is 24.3. The summed E-state index contributed by atoms with van der Waals surface area (Å²) in [4.78, 5) is 39.6. The molecule has 0 aliphatic heterocycles. The molecular formula is C30H39NO4. The van der Waals surface area contributed by atoms with Gasteiger partial charge in [-0.25, -0.2) is 4.79 Å². The van der Waals surface area contributed by atoms with Crippen LogP contribution in [0.3, 0.4) is 0 Å². The van der Waals surface area contributed by atoms with E-state index in [0.29, 0.717) is 30.5 Å². The van der Waals surface area contributed by atoms with Crippen molar-refractivity contribution in [2.75, 3.05) is 0 Å². The van der Waals surface area contributed by atoms with Gasteiger partial charge in [-0.05, 0) is 80.6 Å². The van der Waals surface area contributed by atoms with Crippen LogP contribution in [0.5, 0.6) is 0 Å². The van der Waals surface area contributed by atoms with Crippen molar-refractivity contribution in [3.8, 4) is 0 Å². The Balaban J connectivity index is 1.53. The maximum absolute atomic E-state index is 12.9. The molecule has 3 fully saturated rings. The molecule has 1 unspecified atom stereocenters. The van der Waals surface area contributed by atoms with E-state index < -0.39 is 23.6 Å². The average Bonchev–Trinajstić information content (AvgIpc) is 3.15. The van der Waals surface area contributed by atoms with Gasteiger partial charge < -0.3 is 9.90 Å². The van der Waals surface area contributed by atoms with E-state index in [1.54, 1.807) is 23.8 Å². The van der Waals surface area contributed by atoms with Gasteiger partial charge >= 0.3 is 6.09 Å². The minimum absolute atomic E-state index is 0.115. The lowest BCUT2D eigenvalue weighted by Crippen LogP contribution is -2.66. The number of carboxylic acid groups (broad SMARTS) is 1. The average molecular weight is 478 g/mol. The lowest BCUT2D eigenvalue weighted by atomic mass is 9.46. The van der Waals surface area contributed by atoms with Crippen LogP contribution in [-0.2, 0) is 9.59 Å². The Morgan fingerprint density at radius 1 is 1.20 bits per heavy atom. The Bertz CT molecular complexity index is 1040. The van der Waals surface area contributed by atoms with E-state index in [1.165, 1.54) is 17.4 Å². The van der Waals surface area contributed by atoms with E-state index >= 15 is 0 Å². The summed E-state index contributed by atoms with van der Waals surface area (Å²) in [5.74, 6) is 0.592.